The Kier molecular flexibility index (Phi) is 52.4. The normalized spacial score (nSPS) is 25.3. The molecule has 0 saturated carbocycles. The smallest absolute Gasteiger partial charge is 0.303 e. The van der Waals surface area contributed by atoms with Crippen molar-refractivity contribution in [3.05, 3.63) is 0 Å². The lowest BCUT2D eigenvalue weighted by molar-refractivity contribution is -0.268. The number of carbonyl (C=O) groups is 7. The molecule has 107 heavy (non-hydrogen) atoms. The van der Waals surface area contributed by atoms with E-state index in [-0.39, 0.29) is 228 Å². The standard InChI is InChI=1S/C67H123N7O33/c1-44(75)102-38-47-58(84)61(87)55(68)64(105-47)99-35-32-93-29-26-90-23-17-71-50(78)14-20-96-41-67(74-53(81)12-10-8-6-4-5-7-9-11-13-54(82)83,42-97-21-15-51(79)72-18-24-91-27-30-94-33-36-100-65-56(69)62(88)59(85)48(106-65)39-103-45(2)76)43-98-22-16-52(80)73-19-25-92-28-31-95-34-37-101-66-57(70)63(89)60(86)49(107-66)40-104-46(3)77/h47-50,55-66,71,78,84-89H,4-43,68-70H2,1-3H3,(H,72,79)(H,73,80)(H,74,81)(H,82,83). The number of hydrogen-bond donors (Lipinski definition) is 15. The van der Waals surface area contributed by atoms with Crippen molar-refractivity contribution in [2.24, 2.45) is 17.2 Å². The maximum atomic E-state index is 13.8. The molecule has 0 aliphatic carbocycles. The number of nitrogens with one attached hydrogen (secondary N) is 4. The van der Waals surface area contributed by atoms with Crippen LogP contribution in [0.25, 0.3) is 0 Å². The Morgan fingerprint density at radius 2 is 0.701 bits per heavy atom. The fourth-order valence-corrected chi connectivity index (χ4v) is 10.6. The highest BCUT2D eigenvalue weighted by molar-refractivity contribution is 5.77. The zero-order valence-corrected chi connectivity index (χ0v) is 62.0. The van der Waals surface area contributed by atoms with E-state index in [2.05, 4.69) is 21.3 Å². The molecule has 40 heteroatoms. The molecule has 3 saturated heterocycles. The molecule has 3 aliphatic heterocycles. The highest BCUT2D eigenvalue weighted by Crippen LogP contribution is 2.25. The van der Waals surface area contributed by atoms with Crippen molar-refractivity contribution >= 4 is 41.6 Å². The van der Waals surface area contributed by atoms with Crippen LogP contribution >= 0.6 is 0 Å². The Labute approximate surface area is 624 Å². The molecule has 40 nitrogen and oxygen atoms in total. The summed E-state index contributed by atoms with van der Waals surface area (Å²) in [6, 6.07) is -3.22. The van der Waals surface area contributed by atoms with E-state index in [1.54, 1.807) is 0 Å². The second-order valence-electron chi connectivity index (χ2n) is 25.7. The minimum Gasteiger partial charge on any atom is -0.481 e. The predicted octanol–water partition coefficient (Wildman–Crippen LogP) is -5.65. The van der Waals surface area contributed by atoms with Crippen molar-refractivity contribution in [2.75, 3.05) is 178 Å². The highest BCUT2D eigenvalue weighted by Gasteiger charge is 2.46. The van der Waals surface area contributed by atoms with Crippen molar-refractivity contribution in [3.8, 4) is 0 Å². The summed E-state index contributed by atoms with van der Waals surface area (Å²) in [6.45, 7) is 4.37. The molecule has 18 N–H and O–H groups in total. The minimum absolute atomic E-state index is 0.00612. The molecule has 16 unspecified atom stereocenters. The van der Waals surface area contributed by atoms with Crippen LogP contribution in [-0.2, 0) is 119 Å². The fraction of sp³-hybridized carbons (Fsp3) is 0.896. The summed E-state index contributed by atoms with van der Waals surface area (Å²) < 4.78 is 100. The molecule has 0 bridgehead atoms. The number of aliphatic hydroxyl groups is 7. The van der Waals surface area contributed by atoms with E-state index in [1.165, 1.54) is 20.8 Å². The molecule has 16 atom stereocenters. The largest absolute Gasteiger partial charge is 0.481 e. The second kappa shape index (κ2) is 58.2. The van der Waals surface area contributed by atoms with Crippen LogP contribution in [0.4, 0.5) is 0 Å². The monoisotopic (exact) mass is 1550 g/mol. The van der Waals surface area contributed by atoms with Gasteiger partial charge in [-0.25, -0.2) is 0 Å². The summed E-state index contributed by atoms with van der Waals surface area (Å²) in [5.74, 6) is -3.65. The van der Waals surface area contributed by atoms with Gasteiger partial charge in [-0.05, 0) is 12.8 Å². The first kappa shape index (κ1) is 96.4. The van der Waals surface area contributed by atoms with Gasteiger partial charge in [0.05, 0.1) is 157 Å². The van der Waals surface area contributed by atoms with Crippen LogP contribution in [0, 0.1) is 0 Å². The average molecular weight is 1550 g/mol. The first-order chi connectivity index (χ1) is 51.3. The maximum absolute atomic E-state index is 13.8. The number of rotatable bonds is 64. The van der Waals surface area contributed by atoms with Gasteiger partial charge in [0.25, 0.3) is 0 Å². The van der Waals surface area contributed by atoms with E-state index >= 15 is 0 Å². The van der Waals surface area contributed by atoms with Crippen LogP contribution in [0.5, 0.6) is 0 Å². The molecule has 3 rings (SSSR count). The van der Waals surface area contributed by atoms with Gasteiger partial charge in [-0.3, -0.25) is 38.9 Å². The molecule has 0 spiro atoms. The molecular formula is C67H123N7O33. The van der Waals surface area contributed by atoms with Gasteiger partial charge in [0.2, 0.25) is 17.7 Å². The Bertz CT molecular complexity index is 2320. The lowest BCUT2D eigenvalue weighted by atomic mass is 9.98. The molecule has 0 aromatic carbocycles. The lowest BCUT2D eigenvalue weighted by Crippen LogP contribution is -2.62. The zero-order valence-electron chi connectivity index (χ0n) is 62.0. The lowest BCUT2D eigenvalue weighted by Gasteiger charge is -2.40. The van der Waals surface area contributed by atoms with Gasteiger partial charge >= 0.3 is 23.9 Å². The molecule has 3 amide bonds. The van der Waals surface area contributed by atoms with Crippen molar-refractivity contribution < 1.29 is 160 Å². The summed E-state index contributed by atoms with van der Waals surface area (Å²) >= 11 is 0. The molecule has 624 valence electrons. The second-order valence-corrected chi connectivity index (χ2v) is 25.7. The van der Waals surface area contributed by atoms with Gasteiger partial charge in [0.15, 0.2) is 18.9 Å². The van der Waals surface area contributed by atoms with E-state index < -0.39 is 128 Å². The summed E-state index contributed by atoms with van der Waals surface area (Å²) in [5.41, 5.74) is 16.5. The quantitative estimate of drug-likeness (QED) is 0.0117. The van der Waals surface area contributed by atoms with Gasteiger partial charge < -0.3 is 159 Å². The number of aliphatic hydroxyl groups excluding tert-OH is 7. The molecule has 3 heterocycles. The maximum Gasteiger partial charge on any atom is 0.303 e. The van der Waals surface area contributed by atoms with Crippen molar-refractivity contribution in [2.45, 2.75) is 208 Å². The number of ether oxygens (including phenoxy) is 18. The van der Waals surface area contributed by atoms with E-state index in [0.29, 0.717) is 12.8 Å². The molecule has 3 aliphatic rings. The highest BCUT2D eigenvalue weighted by atomic mass is 16.7. The topological polar surface area (TPSA) is 574 Å². The van der Waals surface area contributed by atoms with Crippen LogP contribution in [0.1, 0.15) is 104 Å². The van der Waals surface area contributed by atoms with Crippen molar-refractivity contribution in [3.63, 3.8) is 0 Å². The summed E-state index contributed by atoms with van der Waals surface area (Å²) in [5, 5.41) is 93.0. The van der Waals surface area contributed by atoms with Crippen LogP contribution in [0.2, 0.25) is 0 Å². The number of aliphatic carboxylic acids is 1. The first-order valence-corrected chi connectivity index (χ1v) is 36.6. The molecule has 3 fully saturated rings. The number of unbranched alkanes of at least 4 members (excludes halogenated alkanes) is 7. The Morgan fingerprint density at radius 1 is 0.383 bits per heavy atom. The SMILES string of the molecule is CC(=O)OCC1OC(OCCOCCOCCNC(=O)CCOCC(COCCC(=O)NCCOCCOCCOC2OC(COC(C)=O)C(O)C(O)C2N)(COCCC(O)NCCOCCOCCOC2OC(COC(C)=O)C(O)C(O)C2N)NC(=O)CCCCCCCCCCC(=O)O)C(N)C(O)C1O. The van der Waals surface area contributed by atoms with E-state index in [4.69, 9.17) is 108 Å². The number of carbonyl (C=O) groups excluding carboxylic acids is 6. The van der Waals surface area contributed by atoms with Crippen LogP contribution in [-0.4, -0.2) is 364 Å². The minimum atomic E-state index is -1.39. The van der Waals surface area contributed by atoms with Gasteiger partial charge in [0.1, 0.15) is 86.5 Å². The van der Waals surface area contributed by atoms with Crippen LogP contribution in [0.3, 0.4) is 0 Å². The van der Waals surface area contributed by atoms with Gasteiger partial charge in [-0.1, -0.05) is 38.5 Å². The molecule has 0 aromatic rings. The predicted molar refractivity (Wildman–Crippen MR) is 370 cm³/mol. The van der Waals surface area contributed by atoms with E-state index in [1.807, 2.05) is 0 Å². The average Bonchev–Trinajstić information content (AvgIpc) is 0.824. The number of esters is 3. The number of carboxylic acid groups (broad SMARTS) is 1. The number of carboxylic acids is 1. The first-order valence-electron chi connectivity index (χ1n) is 36.6. The van der Waals surface area contributed by atoms with Gasteiger partial charge in [0, 0.05) is 72.5 Å². The Hall–Kier alpha value is -4.75. The summed E-state index contributed by atoms with van der Waals surface area (Å²) in [6.07, 6.45) is -9.22. The van der Waals surface area contributed by atoms with Crippen molar-refractivity contribution in [1.29, 1.82) is 0 Å². The van der Waals surface area contributed by atoms with Crippen LogP contribution in [0.15, 0.2) is 0 Å². The van der Waals surface area contributed by atoms with E-state index in [9.17, 15) is 69.3 Å². The molecular weight excluding hydrogens is 1430 g/mol. The Balaban J connectivity index is 1.51. The molecule has 0 aromatic heterocycles. The molecule has 0 radical (unpaired) electrons. The van der Waals surface area contributed by atoms with Crippen molar-refractivity contribution in [1.82, 2.24) is 21.3 Å². The fourth-order valence-electron chi connectivity index (χ4n) is 10.6. The number of nitrogens with two attached hydrogens (primary N) is 3. The summed E-state index contributed by atoms with van der Waals surface area (Å²) in [4.78, 5) is 84.4. The zero-order chi connectivity index (χ0) is 78.6. The third-order valence-corrected chi connectivity index (χ3v) is 16.6. The number of hydrogen-bond acceptors (Lipinski definition) is 36. The van der Waals surface area contributed by atoms with Gasteiger partial charge in [-0.2, -0.15) is 0 Å². The van der Waals surface area contributed by atoms with Gasteiger partial charge in [-0.15, -0.1) is 0 Å². The number of amides is 3. The Morgan fingerprint density at radius 3 is 1.06 bits per heavy atom. The third kappa shape index (κ3) is 43.6. The van der Waals surface area contributed by atoms with E-state index in [0.717, 1.165) is 38.5 Å². The third-order valence-electron chi connectivity index (χ3n) is 16.6. The van der Waals surface area contributed by atoms with Crippen LogP contribution < -0.4 is 38.5 Å². The summed E-state index contributed by atoms with van der Waals surface area (Å²) in [7, 11) is 0.